The lowest BCUT2D eigenvalue weighted by Gasteiger charge is -2.33. The summed E-state index contributed by atoms with van der Waals surface area (Å²) < 4.78 is 4.97. The highest BCUT2D eigenvalue weighted by Crippen LogP contribution is 2.29. The van der Waals surface area contributed by atoms with E-state index in [2.05, 4.69) is 0 Å². The van der Waals surface area contributed by atoms with Gasteiger partial charge in [0, 0.05) is 20.0 Å². The summed E-state index contributed by atoms with van der Waals surface area (Å²) in [5.74, 6) is 0. The lowest BCUT2D eigenvalue weighted by atomic mass is 9.96. The number of cyclic esters (lactones) is 1. The number of hydrogen-bond acceptors (Lipinski definition) is 3. The first-order chi connectivity index (χ1) is 7.74. The lowest BCUT2D eigenvalue weighted by Crippen LogP contribution is -2.37. The van der Waals surface area contributed by atoms with E-state index in [1.54, 1.807) is 11.9 Å². The predicted molar refractivity (Wildman–Crippen MR) is 60.8 cm³/mol. The molecule has 1 aliphatic heterocycles. The molecule has 1 unspecified atom stereocenters. The van der Waals surface area contributed by atoms with Gasteiger partial charge in [-0.3, -0.25) is 0 Å². The highest BCUT2D eigenvalue weighted by Gasteiger charge is 2.28. The van der Waals surface area contributed by atoms with Crippen LogP contribution in [0.1, 0.15) is 23.6 Å². The molecule has 0 aliphatic carbocycles. The fourth-order valence-corrected chi connectivity index (χ4v) is 2.09. The zero-order valence-corrected chi connectivity index (χ0v) is 9.35. The highest BCUT2D eigenvalue weighted by atomic mass is 16.6. The molecule has 2 rings (SSSR count). The van der Waals surface area contributed by atoms with Crippen LogP contribution in [-0.2, 0) is 11.3 Å². The molecule has 0 aromatic heterocycles. The van der Waals surface area contributed by atoms with Gasteiger partial charge in [0.1, 0.15) is 0 Å². The summed E-state index contributed by atoms with van der Waals surface area (Å²) in [5, 5.41) is 0. The van der Waals surface area contributed by atoms with Gasteiger partial charge in [0.25, 0.3) is 0 Å². The molecule has 0 spiro atoms. The SMILES string of the molecule is CN1C(=O)OCCC1c1ccccc1CN. The first-order valence-electron chi connectivity index (χ1n) is 5.41. The second-order valence-electron chi connectivity index (χ2n) is 3.93. The Labute approximate surface area is 95.0 Å². The Morgan fingerprint density at radius 2 is 2.25 bits per heavy atom. The van der Waals surface area contributed by atoms with Crippen LogP contribution in [0.4, 0.5) is 4.79 Å². The molecule has 0 bridgehead atoms. The molecule has 1 aromatic rings. The minimum atomic E-state index is -0.261. The summed E-state index contributed by atoms with van der Waals surface area (Å²) in [6, 6.07) is 8.06. The Morgan fingerprint density at radius 3 is 3.00 bits per heavy atom. The maximum atomic E-state index is 11.4. The van der Waals surface area contributed by atoms with Gasteiger partial charge in [0.15, 0.2) is 0 Å². The maximum absolute atomic E-state index is 11.4. The van der Waals surface area contributed by atoms with E-state index in [1.807, 2.05) is 24.3 Å². The number of benzene rings is 1. The Balaban J connectivity index is 2.32. The summed E-state index contributed by atoms with van der Waals surface area (Å²) in [5.41, 5.74) is 7.92. The first kappa shape index (κ1) is 11.0. The molecule has 2 N–H and O–H groups in total. The van der Waals surface area contributed by atoms with Crippen molar-refractivity contribution >= 4 is 6.09 Å². The number of nitrogens with two attached hydrogens (primary N) is 1. The van der Waals surface area contributed by atoms with E-state index in [4.69, 9.17) is 10.5 Å². The van der Waals surface area contributed by atoms with Crippen LogP contribution < -0.4 is 5.73 Å². The van der Waals surface area contributed by atoms with E-state index in [0.29, 0.717) is 13.2 Å². The van der Waals surface area contributed by atoms with Crippen LogP contribution in [0.25, 0.3) is 0 Å². The van der Waals surface area contributed by atoms with E-state index >= 15 is 0 Å². The van der Waals surface area contributed by atoms with Gasteiger partial charge in [0.2, 0.25) is 0 Å². The van der Waals surface area contributed by atoms with Crippen molar-refractivity contribution < 1.29 is 9.53 Å². The molecule has 0 radical (unpaired) electrons. The standard InChI is InChI=1S/C12H16N2O2/c1-14-11(6-7-16-12(14)15)10-5-3-2-4-9(10)8-13/h2-5,11H,6-8,13H2,1H3. The third-order valence-corrected chi connectivity index (χ3v) is 3.01. The molecule has 1 amide bonds. The summed E-state index contributed by atoms with van der Waals surface area (Å²) in [4.78, 5) is 13.1. The van der Waals surface area contributed by atoms with E-state index < -0.39 is 0 Å². The molecule has 1 atom stereocenters. The fourth-order valence-electron chi connectivity index (χ4n) is 2.09. The minimum absolute atomic E-state index is 0.0843. The molecule has 1 heterocycles. The fraction of sp³-hybridized carbons (Fsp3) is 0.417. The third-order valence-electron chi connectivity index (χ3n) is 3.01. The number of carbonyl (C=O) groups is 1. The predicted octanol–water partition coefficient (Wildman–Crippen LogP) is 1.66. The van der Waals surface area contributed by atoms with Crippen molar-refractivity contribution in [2.75, 3.05) is 13.7 Å². The number of ether oxygens (including phenoxy) is 1. The van der Waals surface area contributed by atoms with Crippen molar-refractivity contribution in [1.82, 2.24) is 4.90 Å². The normalized spacial score (nSPS) is 20.8. The summed E-state index contributed by atoms with van der Waals surface area (Å²) in [6.07, 6.45) is 0.558. The Morgan fingerprint density at radius 1 is 1.50 bits per heavy atom. The van der Waals surface area contributed by atoms with Gasteiger partial charge >= 0.3 is 6.09 Å². The number of hydrogen-bond donors (Lipinski definition) is 1. The largest absolute Gasteiger partial charge is 0.449 e. The van der Waals surface area contributed by atoms with Crippen molar-refractivity contribution in [3.63, 3.8) is 0 Å². The van der Waals surface area contributed by atoms with E-state index in [-0.39, 0.29) is 12.1 Å². The van der Waals surface area contributed by atoms with Gasteiger partial charge in [-0.05, 0) is 11.1 Å². The molecule has 1 fully saturated rings. The molecule has 0 saturated carbocycles. The van der Waals surface area contributed by atoms with Crippen LogP contribution in [0.3, 0.4) is 0 Å². The molecular formula is C12H16N2O2. The third kappa shape index (κ3) is 1.88. The molecule has 16 heavy (non-hydrogen) atoms. The van der Waals surface area contributed by atoms with Gasteiger partial charge in [-0.2, -0.15) is 0 Å². The van der Waals surface area contributed by atoms with Crippen LogP contribution in [0.2, 0.25) is 0 Å². The van der Waals surface area contributed by atoms with Gasteiger partial charge in [0.05, 0.1) is 12.6 Å². The number of amides is 1. The number of nitrogens with zero attached hydrogens (tertiary/aromatic N) is 1. The number of carbonyl (C=O) groups excluding carboxylic acids is 1. The van der Waals surface area contributed by atoms with Crippen molar-refractivity contribution in [2.45, 2.75) is 19.0 Å². The first-order valence-corrected chi connectivity index (χ1v) is 5.41. The molecule has 86 valence electrons. The average molecular weight is 220 g/mol. The van der Waals surface area contributed by atoms with E-state index in [9.17, 15) is 4.79 Å². The second-order valence-corrected chi connectivity index (χ2v) is 3.93. The van der Waals surface area contributed by atoms with E-state index in [1.165, 1.54) is 0 Å². The van der Waals surface area contributed by atoms with E-state index in [0.717, 1.165) is 17.5 Å². The summed E-state index contributed by atoms with van der Waals surface area (Å²) >= 11 is 0. The van der Waals surface area contributed by atoms with Crippen molar-refractivity contribution in [3.05, 3.63) is 35.4 Å². The quantitative estimate of drug-likeness (QED) is 0.824. The van der Waals surface area contributed by atoms with Gasteiger partial charge < -0.3 is 15.4 Å². The summed E-state index contributed by atoms with van der Waals surface area (Å²) in [6.45, 7) is 0.975. The molecule has 4 heteroatoms. The van der Waals surface area contributed by atoms with Gasteiger partial charge in [-0.15, -0.1) is 0 Å². The Bertz CT molecular complexity index is 392. The van der Waals surface area contributed by atoms with Crippen LogP contribution in [0.5, 0.6) is 0 Å². The average Bonchev–Trinajstić information content (AvgIpc) is 2.33. The molecule has 1 aliphatic rings. The van der Waals surface area contributed by atoms with Crippen LogP contribution in [0.15, 0.2) is 24.3 Å². The van der Waals surface area contributed by atoms with Gasteiger partial charge in [-0.1, -0.05) is 24.3 Å². The van der Waals surface area contributed by atoms with Crippen molar-refractivity contribution in [3.8, 4) is 0 Å². The topological polar surface area (TPSA) is 55.6 Å². The zero-order chi connectivity index (χ0) is 11.5. The van der Waals surface area contributed by atoms with Gasteiger partial charge in [-0.25, -0.2) is 4.79 Å². The van der Waals surface area contributed by atoms with Crippen LogP contribution >= 0.6 is 0 Å². The molecule has 1 saturated heterocycles. The molecular weight excluding hydrogens is 204 g/mol. The molecule has 1 aromatic carbocycles. The van der Waals surface area contributed by atoms with Crippen LogP contribution in [0, 0.1) is 0 Å². The second kappa shape index (κ2) is 4.53. The zero-order valence-electron chi connectivity index (χ0n) is 9.35. The minimum Gasteiger partial charge on any atom is -0.449 e. The van der Waals surface area contributed by atoms with Crippen molar-refractivity contribution in [1.29, 1.82) is 0 Å². The highest BCUT2D eigenvalue weighted by molar-refractivity contribution is 5.68. The maximum Gasteiger partial charge on any atom is 0.410 e. The lowest BCUT2D eigenvalue weighted by molar-refractivity contribution is 0.0557. The Hall–Kier alpha value is -1.55. The monoisotopic (exact) mass is 220 g/mol. The number of rotatable bonds is 2. The van der Waals surface area contributed by atoms with Crippen molar-refractivity contribution in [2.24, 2.45) is 5.73 Å². The molecule has 4 nitrogen and oxygen atoms in total. The summed E-state index contributed by atoms with van der Waals surface area (Å²) in [7, 11) is 1.76. The smallest absolute Gasteiger partial charge is 0.410 e. The van der Waals surface area contributed by atoms with Crippen LogP contribution in [-0.4, -0.2) is 24.6 Å². The Kier molecular flexibility index (Phi) is 3.10.